The quantitative estimate of drug-likeness (QED) is 0.900. The van der Waals surface area contributed by atoms with E-state index in [0.29, 0.717) is 11.5 Å². The lowest BCUT2D eigenvalue weighted by atomic mass is 9.83. The molecule has 3 rings (SSSR count). The van der Waals surface area contributed by atoms with Crippen LogP contribution in [0.4, 0.5) is 0 Å². The SMILES string of the molecule is CC(C)(C(=O)N1CC[C@H](Cc2cccc(C(N)=O)c2)C1)c1ccccc1. The van der Waals surface area contributed by atoms with Crippen molar-refractivity contribution in [3.63, 3.8) is 0 Å². The van der Waals surface area contributed by atoms with Crippen LogP contribution in [0.2, 0.25) is 0 Å². The van der Waals surface area contributed by atoms with Crippen molar-refractivity contribution in [3.05, 3.63) is 71.3 Å². The van der Waals surface area contributed by atoms with Gasteiger partial charge in [-0.3, -0.25) is 9.59 Å². The van der Waals surface area contributed by atoms with Crippen LogP contribution < -0.4 is 5.73 Å². The van der Waals surface area contributed by atoms with Crippen LogP contribution in [0.15, 0.2) is 54.6 Å². The van der Waals surface area contributed by atoms with Gasteiger partial charge in [0.05, 0.1) is 5.41 Å². The van der Waals surface area contributed by atoms with Crippen LogP contribution in [0.5, 0.6) is 0 Å². The molecular weight excluding hydrogens is 324 g/mol. The zero-order chi connectivity index (χ0) is 18.7. The third kappa shape index (κ3) is 3.79. The first-order valence-electron chi connectivity index (χ1n) is 9.11. The Bertz CT molecular complexity index is 799. The Morgan fingerprint density at radius 1 is 1.12 bits per heavy atom. The minimum absolute atomic E-state index is 0.178. The summed E-state index contributed by atoms with van der Waals surface area (Å²) in [5, 5.41) is 0. The van der Waals surface area contributed by atoms with Crippen LogP contribution >= 0.6 is 0 Å². The lowest BCUT2D eigenvalue weighted by Crippen LogP contribution is -2.42. The van der Waals surface area contributed by atoms with Crippen LogP contribution in [0, 0.1) is 5.92 Å². The van der Waals surface area contributed by atoms with Gasteiger partial charge in [0, 0.05) is 18.7 Å². The number of likely N-dealkylation sites (tertiary alicyclic amines) is 1. The van der Waals surface area contributed by atoms with Gasteiger partial charge in [-0.05, 0) is 55.9 Å². The highest BCUT2D eigenvalue weighted by atomic mass is 16.2. The van der Waals surface area contributed by atoms with Crippen molar-refractivity contribution in [2.24, 2.45) is 11.7 Å². The molecule has 1 aliphatic rings. The van der Waals surface area contributed by atoms with Gasteiger partial charge in [-0.15, -0.1) is 0 Å². The summed E-state index contributed by atoms with van der Waals surface area (Å²) in [7, 11) is 0. The predicted molar refractivity (Wildman–Crippen MR) is 103 cm³/mol. The number of primary amides is 1. The molecule has 1 heterocycles. The Kier molecular flexibility index (Phi) is 5.12. The number of nitrogens with zero attached hydrogens (tertiary/aromatic N) is 1. The Labute approximate surface area is 155 Å². The van der Waals surface area contributed by atoms with Crippen LogP contribution in [0.3, 0.4) is 0 Å². The number of amides is 2. The molecule has 0 spiro atoms. The highest BCUT2D eigenvalue weighted by molar-refractivity contribution is 5.92. The van der Waals surface area contributed by atoms with Gasteiger partial charge in [0.15, 0.2) is 0 Å². The standard InChI is InChI=1S/C22H26N2O2/c1-22(2,19-9-4-3-5-10-19)21(26)24-12-11-17(15-24)13-16-7-6-8-18(14-16)20(23)25/h3-10,14,17H,11-13,15H2,1-2H3,(H2,23,25)/t17-/m1/s1. The Morgan fingerprint density at radius 2 is 1.85 bits per heavy atom. The molecule has 0 unspecified atom stereocenters. The fourth-order valence-corrected chi connectivity index (χ4v) is 3.74. The average molecular weight is 350 g/mol. The smallest absolute Gasteiger partial charge is 0.248 e. The molecule has 0 bridgehead atoms. The topological polar surface area (TPSA) is 63.4 Å². The van der Waals surface area contributed by atoms with E-state index >= 15 is 0 Å². The molecule has 1 aliphatic heterocycles. The van der Waals surface area contributed by atoms with Gasteiger partial charge < -0.3 is 10.6 Å². The maximum absolute atomic E-state index is 13.1. The van der Waals surface area contributed by atoms with Crippen molar-refractivity contribution >= 4 is 11.8 Å². The summed E-state index contributed by atoms with van der Waals surface area (Å²) in [6.07, 6.45) is 1.84. The largest absolute Gasteiger partial charge is 0.366 e. The van der Waals surface area contributed by atoms with Crippen molar-refractivity contribution < 1.29 is 9.59 Å². The number of carbonyl (C=O) groups is 2. The summed E-state index contributed by atoms with van der Waals surface area (Å²) in [6.45, 7) is 5.54. The molecule has 2 N–H and O–H groups in total. The minimum atomic E-state index is -0.526. The summed E-state index contributed by atoms with van der Waals surface area (Å²) in [5.41, 5.74) is 7.52. The third-order valence-corrected chi connectivity index (χ3v) is 5.34. The van der Waals surface area contributed by atoms with E-state index in [0.717, 1.165) is 37.1 Å². The highest BCUT2D eigenvalue weighted by Crippen LogP contribution is 2.29. The first-order chi connectivity index (χ1) is 12.4. The Balaban J connectivity index is 1.66. The summed E-state index contributed by atoms with van der Waals surface area (Å²) in [5.74, 6) is 0.186. The van der Waals surface area contributed by atoms with E-state index in [-0.39, 0.29) is 5.91 Å². The molecule has 0 saturated carbocycles. The monoisotopic (exact) mass is 350 g/mol. The molecule has 2 aromatic carbocycles. The van der Waals surface area contributed by atoms with E-state index in [1.54, 1.807) is 6.07 Å². The Morgan fingerprint density at radius 3 is 2.54 bits per heavy atom. The summed E-state index contributed by atoms with van der Waals surface area (Å²) >= 11 is 0. The van der Waals surface area contributed by atoms with Gasteiger partial charge in [-0.1, -0.05) is 42.5 Å². The lowest BCUT2D eigenvalue weighted by molar-refractivity contribution is -0.135. The molecule has 1 fully saturated rings. The lowest BCUT2D eigenvalue weighted by Gasteiger charge is -2.30. The maximum Gasteiger partial charge on any atom is 0.248 e. The summed E-state index contributed by atoms with van der Waals surface area (Å²) in [6, 6.07) is 17.4. The normalized spacial score (nSPS) is 17.3. The average Bonchev–Trinajstić information content (AvgIpc) is 3.10. The van der Waals surface area contributed by atoms with Gasteiger partial charge in [0.2, 0.25) is 11.8 Å². The van der Waals surface area contributed by atoms with Crippen LogP contribution in [-0.4, -0.2) is 29.8 Å². The minimum Gasteiger partial charge on any atom is -0.366 e. The van der Waals surface area contributed by atoms with Crippen molar-refractivity contribution in [3.8, 4) is 0 Å². The van der Waals surface area contributed by atoms with Crippen molar-refractivity contribution in [2.45, 2.75) is 32.1 Å². The number of benzene rings is 2. The fourth-order valence-electron chi connectivity index (χ4n) is 3.74. The number of carbonyl (C=O) groups excluding carboxylic acids is 2. The second-order valence-electron chi connectivity index (χ2n) is 7.67. The predicted octanol–water partition coefficient (Wildman–Crippen LogP) is 3.15. The molecule has 0 aromatic heterocycles. The van der Waals surface area contributed by atoms with Gasteiger partial charge in [0.1, 0.15) is 0 Å². The van der Waals surface area contributed by atoms with Crippen molar-refractivity contribution in [1.82, 2.24) is 4.90 Å². The molecule has 2 aromatic rings. The van der Waals surface area contributed by atoms with Crippen LogP contribution in [-0.2, 0) is 16.6 Å². The number of hydrogen-bond donors (Lipinski definition) is 1. The molecular formula is C22H26N2O2. The fraction of sp³-hybridized carbons (Fsp3) is 0.364. The molecule has 0 radical (unpaired) electrons. The van der Waals surface area contributed by atoms with Gasteiger partial charge >= 0.3 is 0 Å². The molecule has 0 aliphatic carbocycles. The van der Waals surface area contributed by atoms with E-state index in [2.05, 4.69) is 0 Å². The first kappa shape index (κ1) is 18.2. The number of rotatable bonds is 5. The number of hydrogen-bond acceptors (Lipinski definition) is 2. The van der Waals surface area contributed by atoms with Gasteiger partial charge in [-0.25, -0.2) is 0 Å². The zero-order valence-corrected chi connectivity index (χ0v) is 15.4. The van der Waals surface area contributed by atoms with Gasteiger partial charge in [0.25, 0.3) is 0 Å². The molecule has 136 valence electrons. The molecule has 2 amide bonds. The second-order valence-corrected chi connectivity index (χ2v) is 7.67. The second kappa shape index (κ2) is 7.32. The third-order valence-electron chi connectivity index (χ3n) is 5.34. The molecule has 4 nitrogen and oxygen atoms in total. The van der Waals surface area contributed by atoms with E-state index in [1.807, 2.05) is 67.3 Å². The first-order valence-corrected chi connectivity index (χ1v) is 9.11. The number of nitrogens with two attached hydrogens (primary N) is 1. The van der Waals surface area contributed by atoms with Crippen molar-refractivity contribution in [1.29, 1.82) is 0 Å². The van der Waals surface area contributed by atoms with E-state index in [1.165, 1.54) is 0 Å². The zero-order valence-electron chi connectivity index (χ0n) is 15.4. The van der Waals surface area contributed by atoms with E-state index in [4.69, 9.17) is 5.73 Å². The Hall–Kier alpha value is -2.62. The van der Waals surface area contributed by atoms with Gasteiger partial charge in [-0.2, -0.15) is 0 Å². The summed E-state index contributed by atoms with van der Waals surface area (Å²) in [4.78, 5) is 26.4. The highest BCUT2D eigenvalue weighted by Gasteiger charge is 2.36. The molecule has 1 atom stereocenters. The van der Waals surface area contributed by atoms with Crippen LogP contribution in [0.25, 0.3) is 0 Å². The maximum atomic E-state index is 13.1. The van der Waals surface area contributed by atoms with E-state index in [9.17, 15) is 9.59 Å². The van der Waals surface area contributed by atoms with E-state index < -0.39 is 11.3 Å². The molecule has 1 saturated heterocycles. The molecule has 4 heteroatoms. The van der Waals surface area contributed by atoms with Crippen molar-refractivity contribution in [2.75, 3.05) is 13.1 Å². The summed E-state index contributed by atoms with van der Waals surface area (Å²) < 4.78 is 0. The molecule has 26 heavy (non-hydrogen) atoms. The van der Waals surface area contributed by atoms with Crippen LogP contribution in [0.1, 0.15) is 41.8 Å².